The lowest BCUT2D eigenvalue weighted by Gasteiger charge is -2.00. The summed E-state index contributed by atoms with van der Waals surface area (Å²) in [5.41, 5.74) is 0.983. The number of H-pyrrole nitrogens is 1. The molecule has 0 spiro atoms. The van der Waals surface area contributed by atoms with Crippen molar-refractivity contribution >= 4 is 50.3 Å². The van der Waals surface area contributed by atoms with Crippen LogP contribution in [0.5, 0.6) is 0 Å². The fourth-order valence-electron chi connectivity index (χ4n) is 0.973. The predicted octanol–water partition coefficient (Wildman–Crippen LogP) is 3.71. The van der Waals surface area contributed by atoms with E-state index in [4.69, 9.17) is 12.2 Å². The number of hydrogen-bond acceptors (Lipinski definition) is 4. The number of benzene rings is 1. The van der Waals surface area contributed by atoms with Gasteiger partial charge in [-0.3, -0.25) is 5.10 Å². The van der Waals surface area contributed by atoms with Crippen LogP contribution in [0.2, 0.25) is 0 Å². The molecule has 1 aromatic heterocycles. The van der Waals surface area contributed by atoms with E-state index in [9.17, 15) is 0 Å². The number of hydrogen-bond donors (Lipinski definition) is 2. The van der Waals surface area contributed by atoms with Gasteiger partial charge in [0.25, 0.3) is 0 Å². The first kappa shape index (κ1) is 9.82. The maximum Gasteiger partial charge on any atom is 0.208 e. The molecule has 14 heavy (non-hydrogen) atoms. The maximum atomic E-state index is 4.93. The summed E-state index contributed by atoms with van der Waals surface area (Å²) in [5.74, 6) is 0. The largest absolute Gasteiger partial charge is 0.330 e. The highest BCUT2D eigenvalue weighted by atomic mass is 79.9. The minimum atomic E-state index is 0.669. The van der Waals surface area contributed by atoms with Crippen LogP contribution in [-0.4, -0.2) is 10.2 Å². The molecule has 0 saturated heterocycles. The highest BCUT2D eigenvalue weighted by molar-refractivity contribution is 9.10. The van der Waals surface area contributed by atoms with Crippen molar-refractivity contribution in [2.24, 2.45) is 0 Å². The molecule has 3 nitrogen and oxygen atoms in total. The monoisotopic (exact) mass is 287 g/mol. The average Bonchev–Trinajstić information content (AvgIpc) is 2.51. The van der Waals surface area contributed by atoms with Crippen molar-refractivity contribution in [1.82, 2.24) is 10.2 Å². The summed E-state index contributed by atoms with van der Waals surface area (Å²) >= 11 is 9.73. The van der Waals surface area contributed by atoms with Gasteiger partial charge in [-0.15, -0.1) is 5.10 Å². The van der Waals surface area contributed by atoms with Gasteiger partial charge in [0, 0.05) is 10.2 Å². The van der Waals surface area contributed by atoms with Gasteiger partial charge in [0.05, 0.1) is 0 Å². The number of nitrogens with zero attached hydrogens (tertiary/aromatic N) is 1. The SMILES string of the molecule is S=c1[nH]nc(Nc2cccc(Br)c2)s1. The molecular formula is C8H6BrN3S2. The van der Waals surface area contributed by atoms with Crippen molar-refractivity contribution in [3.8, 4) is 0 Å². The molecule has 0 aliphatic carbocycles. The van der Waals surface area contributed by atoms with E-state index in [0.29, 0.717) is 3.95 Å². The van der Waals surface area contributed by atoms with Crippen LogP contribution in [0.15, 0.2) is 28.7 Å². The zero-order valence-corrected chi connectivity index (χ0v) is 10.2. The highest BCUT2D eigenvalue weighted by Crippen LogP contribution is 2.21. The zero-order valence-electron chi connectivity index (χ0n) is 6.95. The Morgan fingerprint density at radius 3 is 3.00 bits per heavy atom. The van der Waals surface area contributed by atoms with Crippen molar-refractivity contribution in [2.45, 2.75) is 0 Å². The minimum Gasteiger partial charge on any atom is -0.330 e. The van der Waals surface area contributed by atoms with Crippen molar-refractivity contribution in [3.05, 3.63) is 32.7 Å². The highest BCUT2D eigenvalue weighted by Gasteiger charge is 1.98. The van der Waals surface area contributed by atoms with Crippen molar-refractivity contribution in [1.29, 1.82) is 0 Å². The summed E-state index contributed by atoms with van der Waals surface area (Å²) in [6, 6.07) is 7.87. The fourth-order valence-corrected chi connectivity index (χ4v) is 2.18. The minimum absolute atomic E-state index is 0.669. The quantitative estimate of drug-likeness (QED) is 0.828. The first-order valence-corrected chi connectivity index (χ1v) is 5.84. The number of aromatic nitrogens is 2. The summed E-state index contributed by atoms with van der Waals surface area (Å²) in [5, 5.41) is 10.6. The first-order chi connectivity index (χ1) is 6.74. The Morgan fingerprint density at radius 2 is 2.36 bits per heavy atom. The van der Waals surface area contributed by atoms with E-state index in [1.165, 1.54) is 11.3 Å². The Kier molecular flexibility index (Phi) is 2.95. The Morgan fingerprint density at radius 1 is 1.50 bits per heavy atom. The first-order valence-electron chi connectivity index (χ1n) is 3.82. The Hall–Kier alpha value is -0.720. The summed E-state index contributed by atoms with van der Waals surface area (Å²) in [6.45, 7) is 0. The Balaban J connectivity index is 2.22. The van der Waals surface area contributed by atoms with Crippen LogP contribution in [0.1, 0.15) is 0 Å². The predicted molar refractivity (Wildman–Crippen MR) is 64.7 cm³/mol. The van der Waals surface area contributed by atoms with Crippen LogP contribution in [0, 0.1) is 3.95 Å². The van der Waals surface area contributed by atoms with E-state index < -0.39 is 0 Å². The lowest BCUT2D eigenvalue weighted by Crippen LogP contribution is -1.88. The molecule has 72 valence electrons. The number of anilines is 2. The third-order valence-corrected chi connectivity index (χ3v) is 3.01. The van der Waals surface area contributed by atoms with Gasteiger partial charge < -0.3 is 5.32 Å². The number of aromatic amines is 1. The molecule has 0 fully saturated rings. The molecular weight excluding hydrogens is 282 g/mol. The van der Waals surface area contributed by atoms with E-state index >= 15 is 0 Å². The van der Waals surface area contributed by atoms with E-state index in [2.05, 4.69) is 31.4 Å². The summed E-state index contributed by atoms with van der Waals surface area (Å²) in [6.07, 6.45) is 0. The summed E-state index contributed by atoms with van der Waals surface area (Å²) in [7, 11) is 0. The number of nitrogens with one attached hydrogen (secondary N) is 2. The van der Waals surface area contributed by atoms with Gasteiger partial charge in [-0.1, -0.05) is 33.3 Å². The third kappa shape index (κ3) is 2.40. The van der Waals surface area contributed by atoms with Gasteiger partial charge in [0.2, 0.25) is 5.13 Å². The molecule has 0 saturated carbocycles. The maximum absolute atomic E-state index is 4.93. The van der Waals surface area contributed by atoms with E-state index in [1.807, 2.05) is 24.3 Å². The number of rotatable bonds is 2. The van der Waals surface area contributed by atoms with Crippen molar-refractivity contribution in [2.75, 3.05) is 5.32 Å². The van der Waals surface area contributed by atoms with Gasteiger partial charge >= 0.3 is 0 Å². The van der Waals surface area contributed by atoms with Gasteiger partial charge in [-0.2, -0.15) is 0 Å². The molecule has 1 aromatic carbocycles. The normalized spacial score (nSPS) is 10.1. The molecule has 0 aliphatic heterocycles. The van der Waals surface area contributed by atoms with Crippen LogP contribution in [0.3, 0.4) is 0 Å². The zero-order chi connectivity index (χ0) is 9.97. The van der Waals surface area contributed by atoms with Crippen LogP contribution >= 0.6 is 39.5 Å². The molecule has 0 amide bonds. The van der Waals surface area contributed by atoms with Gasteiger partial charge in [-0.05, 0) is 30.4 Å². The van der Waals surface area contributed by atoms with Crippen LogP contribution in [-0.2, 0) is 0 Å². The molecule has 0 bridgehead atoms. The Labute approximate surface area is 98.3 Å². The molecule has 0 aliphatic rings. The van der Waals surface area contributed by atoms with Crippen LogP contribution in [0.25, 0.3) is 0 Å². The lowest BCUT2D eigenvalue weighted by atomic mass is 10.3. The number of halogens is 1. The lowest BCUT2D eigenvalue weighted by molar-refractivity contribution is 1.08. The topological polar surface area (TPSA) is 40.7 Å². The van der Waals surface area contributed by atoms with E-state index in [-0.39, 0.29) is 0 Å². The molecule has 2 rings (SSSR count). The third-order valence-electron chi connectivity index (χ3n) is 1.51. The van der Waals surface area contributed by atoms with Crippen molar-refractivity contribution < 1.29 is 0 Å². The molecule has 0 radical (unpaired) electrons. The molecule has 2 N–H and O–H groups in total. The molecule has 0 atom stereocenters. The smallest absolute Gasteiger partial charge is 0.208 e. The second-order valence-corrected chi connectivity index (χ2v) is 5.14. The Bertz CT molecular complexity index is 491. The van der Waals surface area contributed by atoms with Crippen LogP contribution < -0.4 is 5.32 Å². The standard InChI is InChI=1S/C8H6BrN3S2/c9-5-2-1-3-6(4-5)10-7-11-12-8(13)14-7/h1-4H,(H,10,11)(H,12,13). The summed E-state index contributed by atoms with van der Waals surface area (Å²) < 4.78 is 1.70. The van der Waals surface area contributed by atoms with Crippen molar-refractivity contribution in [3.63, 3.8) is 0 Å². The van der Waals surface area contributed by atoms with Gasteiger partial charge in [0.1, 0.15) is 0 Å². The fraction of sp³-hybridized carbons (Fsp3) is 0. The van der Waals surface area contributed by atoms with Gasteiger partial charge in [0.15, 0.2) is 3.95 Å². The average molecular weight is 288 g/mol. The van der Waals surface area contributed by atoms with Crippen LogP contribution in [0.4, 0.5) is 10.8 Å². The molecule has 6 heteroatoms. The van der Waals surface area contributed by atoms with E-state index in [1.54, 1.807) is 0 Å². The summed E-state index contributed by atoms with van der Waals surface area (Å²) in [4.78, 5) is 0. The second-order valence-electron chi connectivity index (χ2n) is 2.55. The molecule has 2 aromatic rings. The molecule has 1 heterocycles. The van der Waals surface area contributed by atoms with E-state index in [0.717, 1.165) is 15.3 Å². The molecule has 0 unspecified atom stereocenters. The van der Waals surface area contributed by atoms with Gasteiger partial charge in [-0.25, -0.2) is 0 Å². The second kappa shape index (κ2) is 4.20.